The number of nitrogens with one attached hydrogen (secondary N) is 1. The lowest BCUT2D eigenvalue weighted by molar-refractivity contribution is -0.121. The fourth-order valence-electron chi connectivity index (χ4n) is 4.06. The summed E-state index contributed by atoms with van der Waals surface area (Å²) >= 11 is 0. The zero-order valence-corrected chi connectivity index (χ0v) is 16.2. The van der Waals surface area contributed by atoms with Crippen molar-refractivity contribution in [3.05, 3.63) is 42.5 Å². The Morgan fingerprint density at radius 3 is 2.79 bits per heavy atom. The van der Waals surface area contributed by atoms with Crippen LogP contribution in [0.25, 0.3) is 11.0 Å². The predicted octanol–water partition coefficient (Wildman–Crippen LogP) is 2.82. The third-order valence-corrected chi connectivity index (χ3v) is 5.79. The summed E-state index contributed by atoms with van der Waals surface area (Å²) < 4.78 is 12.7. The Kier molecular flexibility index (Phi) is 4.55. The molecule has 3 aromatic rings. The van der Waals surface area contributed by atoms with Crippen LogP contribution in [0.15, 0.2) is 42.5 Å². The van der Waals surface area contributed by atoms with E-state index in [0.29, 0.717) is 17.5 Å². The van der Waals surface area contributed by atoms with Crippen molar-refractivity contribution in [3.8, 4) is 11.5 Å². The van der Waals surface area contributed by atoms with E-state index < -0.39 is 0 Å². The first-order valence-electron chi connectivity index (χ1n) is 9.93. The minimum atomic E-state index is -0.214. The van der Waals surface area contributed by atoms with Gasteiger partial charge in [-0.1, -0.05) is 17.3 Å². The highest BCUT2D eigenvalue weighted by molar-refractivity contribution is 5.94. The standard InChI is InChI=1S/C21H23N5O3/c1-14(21(27)22-15-6-7-19-20(12-15)29-13-28-19)25-10-8-16(9-11-25)26-18-5-3-2-4-17(18)23-24-26/h2-7,12,14,16H,8-11,13H2,1H3,(H,22,27)/t14-/m1/s1. The number of hydrogen-bond donors (Lipinski definition) is 1. The van der Waals surface area contributed by atoms with Gasteiger partial charge >= 0.3 is 0 Å². The molecule has 8 nitrogen and oxygen atoms in total. The van der Waals surface area contributed by atoms with Gasteiger partial charge in [0, 0.05) is 24.8 Å². The second kappa shape index (κ2) is 7.36. The molecule has 2 aliphatic rings. The van der Waals surface area contributed by atoms with E-state index in [2.05, 4.69) is 26.6 Å². The molecule has 0 radical (unpaired) electrons. The molecule has 0 unspecified atom stereocenters. The summed E-state index contributed by atoms with van der Waals surface area (Å²) in [6, 6.07) is 13.6. The molecule has 1 amide bonds. The molecule has 8 heteroatoms. The molecular weight excluding hydrogens is 370 g/mol. The van der Waals surface area contributed by atoms with Crippen molar-refractivity contribution < 1.29 is 14.3 Å². The zero-order valence-electron chi connectivity index (χ0n) is 16.2. The Morgan fingerprint density at radius 1 is 1.14 bits per heavy atom. The molecule has 3 heterocycles. The molecule has 0 saturated carbocycles. The van der Waals surface area contributed by atoms with Gasteiger partial charge in [-0.25, -0.2) is 4.68 Å². The fraction of sp³-hybridized carbons (Fsp3) is 0.381. The number of rotatable bonds is 4. The van der Waals surface area contributed by atoms with Crippen LogP contribution in [-0.2, 0) is 4.79 Å². The quantitative estimate of drug-likeness (QED) is 0.734. The Labute approximate surface area is 168 Å². The number of ether oxygens (including phenoxy) is 2. The molecule has 0 bridgehead atoms. The number of para-hydroxylation sites is 1. The maximum atomic E-state index is 12.7. The summed E-state index contributed by atoms with van der Waals surface area (Å²) in [6.07, 6.45) is 1.88. The second-order valence-corrected chi connectivity index (χ2v) is 7.52. The van der Waals surface area contributed by atoms with Crippen LogP contribution in [0.4, 0.5) is 5.69 Å². The van der Waals surface area contributed by atoms with Crippen LogP contribution in [-0.4, -0.2) is 51.7 Å². The van der Waals surface area contributed by atoms with Gasteiger partial charge in [-0.05, 0) is 44.0 Å². The van der Waals surface area contributed by atoms with Crippen LogP contribution >= 0.6 is 0 Å². The average molecular weight is 393 g/mol. The number of piperidine rings is 1. The first kappa shape index (κ1) is 17.9. The summed E-state index contributed by atoms with van der Waals surface area (Å²) in [5.41, 5.74) is 2.71. The molecule has 2 aliphatic heterocycles. The van der Waals surface area contributed by atoms with Crippen LogP contribution in [0.2, 0.25) is 0 Å². The van der Waals surface area contributed by atoms with Gasteiger partial charge in [0.2, 0.25) is 12.7 Å². The van der Waals surface area contributed by atoms with E-state index in [1.54, 1.807) is 6.07 Å². The van der Waals surface area contributed by atoms with E-state index in [9.17, 15) is 4.79 Å². The number of likely N-dealkylation sites (tertiary alicyclic amines) is 1. The minimum Gasteiger partial charge on any atom is -0.454 e. The van der Waals surface area contributed by atoms with Gasteiger partial charge in [0.25, 0.3) is 0 Å². The first-order valence-corrected chi connectivity index (χ1v) is 9.93. The van der Waals surface area contributed by atoms with Crippen molar-refractivity contribution in [1.29, 1.82) is 0 Å². The van der Waals surface area contributed by atoms with Crippen molar-refractivity contribution in [3.63, 3.8) is 0 Å². The Balaban J connectivity index is 1.20. The molecule has 0 aliphatic carbocycles. The minimum absolute atomic E-state index is 0.0199. The van der Waals surface area contributed by atoms with Gasteiger partial charge in [-0.15, -0.1) is 5.10 Å². The molecular formula is C21H23N5O3. The van der Waals surface area contributed by atoms with Gasteiger partial charge in [-0.3, -0.25) is 9.69 Å². The first-order chi connectivity index (χ1) is 14.2. The highest BCUT2D eigenvalue weighted by atomic mass is 16.7. The molecule has 1 N–H and O–H groups in total. The van der Waals surface area contributed by atoms with Crippen LogP contribution in [0.5, 0.6) is 11.5 Å². The highest BCUT2D eigenvalue weighted by Crippen LogP contribution is 2.34. The van der Waals surface area contributed by atoms with Gasteiger partial charge in [-0.2, -0.15) is 0 Å². The van der Waals surface area contributed by atoms with Crippen LogP contribution in [0.1, 0.15) is 25.8 Å². The van der Waals surface area contributed by atoms with Crippen molar-refractivity contribution >= 4 is 22.6 Å². The largest absolute Gasteiger partial charge is 0.454 e. The Hall–Kier alpha value is -3.13. The number of carbonyl (C=O) groups excluding carboxylic acids is 1. The third kappa shape index (κ3) is 3.40. The molecule has 29 heavy (non-hydrogen) atoms. The van der Waals surface area contributed by atoms with Gasteiger partial charge < -0.3 is 14.8 Å². The van der Waals surface area contributed by atoms with E-state index in [4.69, 9.17) is 9.47 Å². The lowest BCUT2D eigenvalue weighted by Crippen LogP contribution is -2.46. The SMILES string of the molecule is C[C@H](C(=O)Nc1ccc2c(c1)OCO2)N1CCC(n2nnc3ccccc32)CC1. The molecule has 2 aromatic carbocycles. The Bertz CT molecular complexity index is 1040. The van der Waals surface area contributed by atoms with Crippen LogP contribution in [0.3, 0.4) is 0 Å². The third-order valence-electron chi connectivity index (χ3n) is 5.79. The van der Waals surface area contributed by atoms with Gasteiger partial charge in [0.15, 0.2) is 11.5 Å². The topological polar surface area (TPSA) is 81.5 Å². The number of aromatic nitrogens is 3. The fourth-order valence-corrected chi connectivity index (χ4v) is 4.06. The maximum absolute atomic E-state index is 12.7. The maximum Gasteiger partial charge on any atom is 0.241 e. The number of amides is 1. The highest BCUT2D eigenvalue weighted by Gasteiger charge is 2.28. The number of fused-ring (bicyclic) bond motifs is 2. The predicted molar refractivity (Wildman–Crippen MR) is 108 cm³/mol. The van der Waals surface area contributed by atoms with E-state index in [-0.39, 0.29) is 18.7 Å². The van der Waals surface area contributed by atoms with Gasteiger partial charge in [0.05, 0.1) is 17.6 Å². The molecule has 5 rings (SSSR count). The van der Waals surface area contributed by atoms with Crippen molar-refractivity contribution in [2.75, 3.05) is 25.2 Å². The van der Waals surface area contributed by atoms with E-state index in [1.807, 2.05) is 41.9 Å². The lowest BCUT2D eigenvalue weighted by atomic mass is 10.0. The van der Waals surface area contributed by atoms with Crippen molar-refractivity contribution in [2.24, 2.45) is 0 Å². The Morgan fingerprint density at radius 2 is 1.93 bits per heavy atom. The number of benzene rings is 2. The van der Waals surface area contributed by atoms with Crippen LogP contribution in [0, 0.1) is 0 Å². The molecule has 1 aromatic heterocycles. The number of hydrogen-bond acceptors (Lipinski definition) is 6. The summed E-state index contributed by atoms with van der Waals surface area (Å²) in [7, 11) is 0. The van der Waals surface area contributed by atoms with E-state index in [1.165, 1.54) is 0 Å². The average Bonchev–Trinajstić information content (AvgIpc) is 3.40. The zero-order chi connectivity index (χ0) is 19.8. The molecule has 1 saturated heterocycles. The van der Waals surface area contributed by atoms with Gasteiger partial charge in [0.1, 0.15) is 5.52 Å². The van der Waals surface area contributed by atoms with Crippen molar-refractivity contribution in [1.82, 2.24) is 19.9 Å². The molecule has 1 fully saturated rings. The summed E-state index contributed by atoms with van der Waals surface area (Å²) in [6.45, 7) is 3.86. The smallest absolute Gasteiger partial charge is 0.241 e. The number of anilines is 1. The van der Waals surface area contributed by atoms with E-state index in [0.717, 1.165) is 42.7 Å². The molecule has 150 valence electrons. The summed E-state index contributed by atoms with van der Waals surface area (Å²) in [5, 5.41) is 11.6. The number of nitrogens with zero attached hydrogens (tertiary/aromatic N) is 4. The summed E-state index contributed by atoms with van der Waals surface area (Å²) in [4.78, 5) is 15.0. The summed E-state index contributed by atoms with van der Waals surface area (Å²) in [5.74, 6) is 1.35. The molecule has 0 spiro atoms. The van der Waals surface area contributed by atoms with Crippen molar-refractivity contribution in [2.45, 2.75) is 31.8 Å². The normalized spacial score (nSPS) is 18.1. The number of carbonyl (C=O) groups is 1. The van der Waals surface area contributed by atoms with E-state index >= 15 is 0 Å². The monoisotopic (exact) mass is 393 g/mol. The lowest BCUT2D eigenvalue weighted by Gasteiger charge is -2.35. The van der Waals surface area contributed by atoms with Crippen LogP contribution < -0.4 is 14.8 Å². The molecule has 1 atom stereocenters. The second-order valence-electron chi connectivity index (χ2n) is 7.52.